The summed E-state index contributed by atoms with van der Waals surface area (Å²) in [7, 11) is 3.76. The van der Waals surface area contributed by atoms with Gasteiger partial charge in [-0.3, -0.25) is 4.79 Å². The Labute approximate surface area is 136 Å². The normalized spacial score (nSPS) is 22.0. The molecule has 5 heteroatoms. The third-order valence-electron chi connectivity index (χ3n) is 5.42. The third-order valence-corrected chi connectivity index (χ3v) is 5.42. The maximum Gasteiger partial charge on any atom is 0.227 e. The summed E-state index contributed by atoms with van der Waals surface area (Å²) in [5.41, 5.74) is 3.04. The zero-order valence-corrected chi connectivity index (χ0v) is 13.8. The Hall–Kier alpha value is -2.04. The highest BCUT2D eigenvalue weighted by Crippen LogP contribution is 2.39. The molecule has 122 valence electrons. The molecule has 5 nitrogen and oxygen atoms in total. The molecule has 1 unspecified atom stereocenters. The number of amides is 1. The van der Waals surface area contributed by atoms with Gasteiger partial charge in [-0.1, -0.05) is 18.9 Å². The Balaban J connectivity index is 1.92. The average Bonchev–Trinajstić information content (AvgIpc) is 3.27. The predicted octanol–water partition coefficient (Wildman–Crippen LogP) is 2.84. The number of aromatic nitrogens is 2. The van der Waals surface area contributed by atoms with Gasteiger partial charge >= 0.3 is 0 Å². The van der Waals surface area contributed by atoms with E-state index in [1.165, 1.54) is 25.7 Å². The van der Waals surface area contributed by atoms with Gasteiger partial charge in [-0.2, -0.15) is 0 Å². The molecular weight excluding hydrogens is 290 g/mol. The SMILES string of the molecule is COc1ccc(C2CCNC2=O)c2c1nc(C1CCCC1)n2C. The van der Waals surface area contributed by atoms with Crippen LogP contribution < -0.4 is 10.1 Å². The first-order valence-electron chi connectivity index (χ1n) is 8.51. The minimum Gasteiger partial charge on any atom is -0.494 e. The van der Waals surface area contributed by atoms with Crippen LogP contribution in [0.15, 0.2) is 12.1 Å². The number of ether oxygens (including phenoxy) is 1. The van der Waals surface area contributed by atoms with E-state index in [1.54, 1.807) is 7.11 Å². The number of methoxy groups -OCH3 is 1. The van der Waals surface area contributed by atoms with E-state index in [9.17, 15) is 4.79 Å². The van der Waals surface area contributed by atoms with Crippen molar-refractivity contribution in [2.24, 2.45) is 7.05 Å². The van der Waals surface area contributed by atoms with E-state index < -0.39 is 0 Å². The summed E-state index contributed by atoms with van der Waals surface area (Å²) in [5.74, 6) is 2.52. The second kappa shape index (κ2) is 5.55. The van der Waals surface area contributed by atoms with Crippen molar-refractivity contribution in [2.75, 3.05) is 13.7 Å². The molecule has 0 radical (unpaired) electrons. The summed E-state index contributed by atoms with van der Waals surface area (Å²) >= 11 is 0. The number of hydrogen-bond donors (Lipinski definition) is 1. The van der Waals surface area contributed by atoms with E-state index in [0.29, 0.717) is 5.92 Å². The Morgan fingerprint density at radius 3 is 2.70 bits per heavy atom. The van der Waals surface area contributed by atoms with Crippen molar-refractivity contribution in [3.8, 4) is 5.75 Å². The molecule has 0 spiro atoms. The number of hydrogen-bond acceptors (Lipinski definition) is 3. The summed E-state index contributed by atoms with van der Waals surface area (Å²) in [6.07, 6.45) is 5.83. The quantitative estimate of drug-likeness (QED) is 0.948. The number of imidazole rings is 1. The van der Waals surface area contributed by atoms with Crippen molar-refractivity contribution in [3.63, 3.8) is 0 Å². The van der Waals surface area contributed by atoms with Crippen LogP contribution in [0.4, 0.5) is 0 Å². The van der Waals surface area contributed by atoms with Crippen LogP contribution in [-0.4, -0.2) is 29.1 Å². The molecule has 2 heterocycles. The molecule has 1 aliphatic heterocycles. The van der Waals surface area contributed by atoms with Crippen LogP contribution >= 0.6 is 0 Å². The lowest BCUT2D eigenvalue weighted by molar-refractivity contribution is -0.120. The Bertz CT molecular complexity index is 759. The summed E-state index contributed by atoms with van der Waals surface area (Å²) < 4.78 is 7.73. The van der Waals surface area contributed by atoms with E-state index in [4.69, 9.17) is 9.72 Å². The monoisotopic (exact) mass is 313 g/mol. The molecule has 1 N–H and O–H groups in total. The minimum atomic E-state index is -0.0739. The maximum absolute atomic E-state index is 12.2. The van der Waals surface area contributed by atoms with Crippen LogP contribution in [-0.2, 0) is 11.8 Å². The van der Waals surface area contributed by atoms with Crippen molar-refractivity contribution in [2.45, 2.75) is 43.9 Å². The summed E-state index contributed by atoms with van der Waals surface area (Å²) in [6, 6.07) is 3.99. The number of carbonyl (C=O) groups is 1. The van der Waals surface area contributed by atoms with Gasteiger partial charge in [0, 0.05) is 19.5 Å². The number of benzene rings is 1. The van der Waals surface area contributed by atoms with Crippen LogP contribution in [0, 0.1) is 0 Å². The number of fused-ring (bicyclic) bond motifs is 1. The number of rotatable bonds is 3. The maximum atomic E-state index is 12.2. The molecule has 1 saturated carbocycles. The van der Waals surface area contributed by atoms with Gasteiger partial charge in [0.2, 0.25) is 5.91 Å². The van der Waals surface area contributed by atoms with E-state index in [2.05, 4.69) is 16.9 Å². The van der Waals surface area contributed by atoms with Crippen molar-refractivity contribution in [3.05, 3.63) is 23.5 Å². The van der Waals surface area contributed by atoms with Gasteiger partial charge in [-0.25, -0.2) is 4.98 Å². The summed E-state index contributed by atoms with van der Waals surface area (Å²) in [4.78, 5) is 17.1. The second-order valence-corrected chi connectivity index (χ2v) is 6.70. The predicted molar refractivity (Wildman–Crippen MR) is 88.8 cm³/mol. The van der Waals surface area contributed by atoms with Gasteiger partial charge in [0.05, 0.1) is 18.5 Å². The molecule has 1 aromatic carbocycles. The summed E-state index contributed by atoms with van der Waals surface area (Å²) in [5, 5.41) is 2.94. The minimum absolute atomic E-state index is 0.0739. The standard InChI is InChI=1S/C18H23N3O2/c1-21-16-12(13-9-10-19-18(13)22)7-8-14(23-2)15(16)20-17(21)11-5-3-4-6-11/h7-8,11,13H,3-6,9-10H2,1-2H3,(H,19,22). The topological polar surface area (TPSA) is 56.1 Å². The average molecular weight is 313 g/mol. The zero-order chi connectivity index (χ0) is 16.0. The molecule has 2 aromatic rings. The van der Waals surface area contributed by atoms with E-state index in [0.717, 1.165) is 41.1 Å². The molecule has 0 bridgehead atoms. The molecule has 2 fully saturated rings. The Morgan fingerprint density at radius 1 is 1.26 bits per heavy atom. The molecule has 23 heavy (non-hydrogen) atoms. The molecule has 1 aliphatic carbocycles. The van der Waals surface area contributed by atoms with E-state index in [1.807, 2.05) is 12.1 Å². The lowest BCUT2D eigenvalue weighted by Gasteiger charge is -2.13. The van der Waals surface area contributed by atoms with Crippen LogP contribution in [0.3, 0.4) is 0 Å². The molecule has 1 amide bonds. The van der Waals surface area contributed by atoms with Crippen molar-refractivity contribution in [1.29, 1.82) is 0 Å². The first-order valence-corrected chi connectivity index (χ1v) is 8.51. The van der Waals surface area contributed by atoms with Crippen LogP contribution in [0.5, 0.6) is 5.75 Å². The third kappa shape index (κ3) is 2.21. The lowest BCUT2D eigenvalue weighted by Crippen LogP contribution is -2.18. The van der Waals surface area contributed by atoms with Crippen molar-refractivity contribution < 1.29 is 9.53 Å². The highest BCUT2D eigenvalue weighted by atomic mass is 16.5. The molecule has 1 aromatic heterocycles. The van der Waals surface area contributed by atoms with Gasteiger partial charge in [-0.05, 0) is 30.9 Å². The molecule has 1 saturated heterocycles. The first kappa shape index (κ1) is 14.5. The van der Waals surface area contributed by atoms with Crippen LogP contribution in [0.2, 0.25) is 0 Å². The zero-order valence-electron chi connectivity index (χ0n) is 13.8. The smallest absolute Gasteiger partial charge is 0.227 e. The van der Waals surface area contributed by atoms with Gasteiger partial charge in [-0.15, -0.1) is 0 Å². The fourth-order valence-corrected chi connectivity index (χ4v) is 4.23. The van der Waals surface area contributed by atoms with Gasteiger partial charge in [0.15, 0.2) is 0 Å². The highest BCUT2D eigenvalue weighted by Gasteiger charge is 2.31. The van der Waals surface area contributed by atoms with Crippen LogP contribution in [0.25, 0.3) is 11.0 Å². The fourth-order valence-electron chi connectivity index (χ4n) is 4.23. The Morgan fingerprint density at radius 2 is 2.04 bits per heavy atom. The van der Waals surface area contributed by atoms with Crippen LogP contribution in [0.1, 0.15) is 55.3 Å². The number of nitrogens with zero attached hydrogens (tertiary/aromatic N) is 2. The largest absolute Gasteiger partial charge is 0.494 e. The van der Waals surface area contributed by atoms with E-state index >= 15 is 0 Å². The molecule has 4 rings (SSSR count). The van der Waals surface area contributed by atoms with Crippen molar-refractivity contribution in [1.82, 2.24) is 14.9 Å². The second-order valence-electron chi connectivity index (χ2n) is 6.70. The number of nitrogens with one attached hydrogen (secondary N) is 1. The summed E-state index contributed by atoms with van der Waals surface area (Å²) in [6.45, 7) is 0.754. The van der Waals surface area contributed by atoms with Crippen molar-refractivity contribution >= 4 is 16.9 Å². The first-order chi connectivity index (χ1) is 11.2. The van der Waals surface area contributed by atoms with Gasteiger partial charge < -0.3 is 14.6 Å². The fraction of sp³-hybridized carbons (Fsp3) is 0.556. The van der Waals surface area contributed by atoms with Gasteiger partial charge in [0.25, 0.3) is 0 Å². The Kier molecular flexibility index (Phi) is 3.51. The number of carbonyl (C=O) groups excluding carboxylic acids is 1. The molecular formula is C18H23N3O2. The lowest BCUT2D eigenvalue weighted by atomic mass is 9.96. The van der Waals surface area contributed by atoms with Gasteiger partial charge in [0.1, 0.15) is 17.1 Å². The molecule has 2 aliphatic rings. The molecule has 1 atom stereocenters. The van der Waals surface area contributed by atoms with E-state index in [-0.39, 0.29) is 11.8 Å². The highest BCUT2D eigenvalue weighted by molar-refractivity contribution is 5.93. The number of aryl methyl sites for hydroxylation is 1.